The summed E-state index contributed by atoms with van der Waals surface area (Å²) in [6.07, 6.45) is 6.51. The Bertz CT molecular complexity index is 1470. The van der Waals surface area contributed by atoms with Crippen LogP contribution in [-0.2, 0) is 16.8 Å². The van der Waals surface area contributed by atoms with E-state index in [1.807, 2.05) is 13.0 Å². The standard InChI is InChI=1S/C28H28F3N5O2/c1-15-6-16(7-23(32)27(15)37)20-4-5-33-11-17(20)8-25-34-12-19-2-3-24(35-36(19)25)26-21(29)9-18(10-22(26)30)28(31)13-38-14-28/h2-5,9-12,15-16,23,27,37H,6-8,13-14,32H2,1H3/t15-,16+,23+,27+/m0/s1. The second-order valence-corrected chi connectivity index (χ2v) is 10.6. The molecule has 1 aliphatic carbocycles. The van der Waals surface area contributed by atoms with E-state index in [0.29, 0.717) is 24.2 Å². The first-order valence-corrected chi connectivity index (χ1v) is 12.7. The molecule has 0 amide bonds. The van der Waals surface area contributed by atoms with Crippen LogP contribution in [0.1, 0.15) is 48.2 Å². The fourth-order valence-electron chi connectivity index (χ4n) is 5.69. The van der Waals surface area contributed by atoms with Gasteiger partial charge in [0, 0.05) is 24.9 Å². The first kappa shape index (κ1) is 25.0. The first-order valence-electron chi connectivity index (χ1n) is 12.7. The number of nitrogens with zero attached hydrogens (tertiary/aromatic N) is 4. The molecule has 1 aromatic carbocycles. The molecule has 4 aromatic rings. The number of aromatic nitrogens is 4. The fraction of sp³-hybridized carbons (Fsp3) is 0.393. The summed E-state index contributed by atoms with van der Waals surface area (Å²) in [6, 6.07) is 6.90. The summed E-state index contributed by atoms with van der Waals surface area (Å²) >= 11 is 0. The predicted octanol–water partition coefficient (Wildman–Crippen LogP) is 4.06. The van der Waals surface area contributed by atoms with Crippen molar-refractivity contribution in [2.75, 3.05) is 13.2 Å². The van der Waals surface area contributed by atoms with E-state index in [0.717, 1.165) is 29.7 Å². The number of rotatable bonds is 5. The molecule has 38 heavy (non-hydrogen) atoms. The summed E-state index contributed by atoms with van der Waals surface area (Å²) in [5.74, 6) is -0.968. The van der Waals surface area contributed by atoms with Gasteiger partial charge in [-0.2, -0.15) is 5.10 Å². The lowest BCUT2D eigenvalue weighted by molar-refractivity contribution is -0.135. The van der Waals surface area contributed by atoms with Crippen molar-refractivity contribution in [3.63, 3.8) is 0 Å². The summed E-state index contributed by atoms with van der Waals surface area (Å²) in [5, 5.41) is 14.8. The van der Waals surface area contributed by atoms with Crippen molar-refractivity contribution in [2.24, 2.45) is 11.7 Å². The van der Waals surface area contributed by atoms with E-state index in [2.05, 4.69) is 15.1 Å². The molecule has 2 aliphatic rings. The predicted molar refractivity (Wildman–Crippen MR) is 134 cm³/mol. The van der Waals surface area contributed by atoms with Crippen LogP contribution in [0.3, 0.4) is 0 Å². The highest BCUT2D eigenvalue weighted by Gasteiger charge is 2.42. The Labute approximate surface area is 217 Å². The third-order valence-electron chi connectivity index (χ3n) is 7.90. The number of ether oxygens (including phenoxy) is 1. The highest BCUT2D eigenvalue weighted by atomic mass is 19.1. The highest BCUT2D eigenvalue weighted by Crippen LogP contribution is 2.38. The Morgan fingerprint density at radius 3 is 2.58 bits per heavy atom. The maximum Gasteiger partial charge on any atom is 0.182 e. The molecular weight excluding hydrogens is 495 g/mol. The Morgan fingerprint density at radius 1 is 1.13 bits per heavy atom. The zero-order valence-corrected chi connectivity index (χ0v) is 20.8. The van der Waals surface area contributed by atoms with E-state index < -0.39 is 23.4 Å². The van der Waals surface area contributed by atoms with Crippen LogP contribution in [0.15, 0.2) is 48.9 Å². The number of imidazole rings is 1. The first-order chi connectivity index (χ1) is 18.2. The zero-order valence-electron chi connectivity index (χ0n) is 20.8. The smallest absolute Gasteiger partial charge is 0.182 e. The largest absolute Gasteiger partial charge is 0.391 e. The summed E-state index contributed by atoms with van der Waals surface area (Å²) in [7, 11) is 0. The van der Waals surface area contributed by atoms with Crippen molar-refractivity contribution in [2.45, 2.75) is 49.9 Å². The molecule has 0 unspecified atom stereocenters. The van der Waals surface area contributed by atoms with Crippen molar-refractivity contribution in [1.29, 1.82) is 0 Å². The minimum Gasteiger partial charge on any atom is -0.391 e. The normalized spacial score (nSPS) is 24.9. The monoisotopic (exact) mass is 523 g/mol. The second-order valence-electron chi connectivity index (χ2n) is 10.6. The van der Waals surface area contributed by atoms with Crippen LogP contribution in [0.2, 0.25) is 0 Å². The molecule has 0 spiro atoms. The maximum absolute atomic E-state index is 15.1. The van der Waals surface area contributed by atoms with Gasteiger partial charge in [0.1, 0.15) is 17.5 Å². The molecule has 10 heteroatoms. The van der Waals surface area contributed by atoms with E-state index in [1.165, 1.54) is 6.07 Å². The Kier molecular flexibility index (Phi) is 6.20. The molecule has 0 bridgehead atoms. The van der Waals surface area contributed by atoms with Gasteiger partial charge in [-0.1, -0.05) is 6.92 Å². The van der Waals surface area contributed by atoms with E-state index in [-0.39, 0.29) is 47.9 Å². The number of pyridine rings is 1. The van der Waals surface area contributed by atoms with Crippen molar-refractivity contribution in [1.82, 2.24) is 19.6 Å². The Morgan fingerprint density at radius 2 is 1.89 bits per heavy atom. The van der Waals surface area contributed by atoms with Crippen LogP contribution in [0.5, 0.6) is 0 Å². The number of aliphatic hydroxyl groups is 1. The van der Waals surface area contributed by atoms with Gasteiger partial charge < -0.3 is 15.6 Å². The number of hydrogen-bond donors (Lipinski definition) is 2. The lowest BCUT2D eigenvalue weighted by Crippen LogP contribution is -2.44. The molecule has 3 aromatic heterocycles. The minimum atomic E-state index is -1.88. The van der Waals surface area contributed by atoms with Gasteiger partial charge in [-0.25, -0.2) is 22.7 Å². The molecule has 1 saturated carbocycles. The molecular formula is C28H28F3N5O2. The topological polar surface area (TPSA) is 98.6 Å². The number of nitrogens with two attached hydrogens (primary N) is 1. The number of fused-ring (bicyclic) bond motifs is 1. The zero-order chi connectivity index (χ0) is 26.6. The maximum atomic E-state index is 15.1. The Balaban J connectivity index is 1.34. The number of benzene rings is 1. The third kappa shape index (κ3) is 4.26. The summed E-state index contributed by atoms with van der Waals surface area (Å²) in [5.41, 5.74) is 6.70. The molecule has 1 saturated heterocycles. The second kappa shape index (κ2) is 9.44. The van der Waals surface area contributed by atoms with Crippen molar-refractivity contribution in [3.8, 4) is 11.3 Å². The van der Waals surface area contributed by atoms with Gasteiger partial charge in [0.25, 0.3) is 0 Å². The summed E-state index contributed by atoms with van der Waals surface area (Å²) < 4.78 is 51.3. The number of halogens is 3. The van der Waals surface area contributed by atoms with Crippen molar-refractivity contribution >= 4 is 5.52 Å². The van der Waals surface area contributed by atoms with Crippen LogP contribution >= 0.6 is 0 Å². The number of hydrogen-bond acceptors (Lipinski definition) is 6. The van der Waals surface area contributed by atoms with Crippen molar-refractivity contribution < 1.29 is 23.0 Å². The molecule has 4 heterocycles. The summed E-state index contributed by atoms with van der Waals surface area (Å²) in [6.45, 7) is 1.55. The average Bonchev–Trinajstić information content (AvgIpc) is 3.27. The fourth-order valence-corrected chi connectivity index (χ4v) is 5.69. The van der Waals surface area contributed by atoms with Gasteiger partial charge in [-0.05, 0) is 71.7 Å². The molecule has 2 fully saturated rings. The molecule has 3 N–H and O–H groups in total. The molecule has 6 rings (SSSR count). The quantitative estimate of drug-likeness (QED) is 0.410. The van der Waals surface area contributed by atoms with Gasteiger partial charge >= 0.3 is 0 Å². The minimum absolute atomic E-state index is 0.0709. The van der Waals surface area contributed by atoms with Gasteiger partial charge in [0.15, 0.2) is 5.67 Å². The van der Waals surface area contributed by atoms with E-state index >= 15 is 8.78 Å². The molecule has 198 valence electrons. The molecule has 1 aliphatic heterocycles. The van der Waals surface area contributed by atoms with Crippen LogP contribution in [0, 0.1) is 17.6 Å². The highest BCUT2D eigenvalue weighted by molar-refractivity contribution is 5.63. The van der Waals surface area contributed by atoms with Gasteiger partial charge in [-0.3, -0.25) is 4.98 Å². The van der Waals surface area contributed by atoms with E-state index in [9.17, 15) is 9.50 Å². The number of alkyl halides is 1. The van der Waals surface area contributed by atoms with Gasteiger partial charge in [-0.15, -0.1) is 0 Å². The van der Waals surface area contributed by atoms with Gasteiger partial charge in [0.2, 0.25) is 0 Å². The lowest BCUT2D eigenvalue weighted by atomic mass is 9.74. The lowest BCUT2D eigenvalue weighted by Gasteiger charge is -2.36. The third-order valence-corrected chi connectivity index (χ3v) is 7.90. The average molecular weight is 524 g/mol. The van der Waals surface area contributed by atoms with Crippen LogP contribution < -0.4 is 5.73 Å². The van der Waals surface area contributed by atoms with Gasteiger partial charge in [0.05, 0.1) is 42.3 Å². The van der Waals surface area contributed by atoms with E-state index in [1.54, 1.807) is 29.2 Å². The Hall–Kier alpha value is -3.34. The van der Waals surface area contributed by atoms with E-state index in [4.69, 9.17) is 10.5 Å². The summed E-state index contributed by atoms with van der Waals surface area (Å²) in [4.78, 5) is 8.83. The van der Waals surface area contributed by atoms with Crippen LogP contribution in [-0.4, -0.2) is 50.0 Å². The van der Waals surface area contributed by atoms with Crippen molar-refractivity contribution in [3.05, 3.63) is 83.1 Å². The van der Waals surface area contributed by atoms with Crippen LogP contribution in [0.4, 0.5) is 13.2 Å². The molecule has 0 radical (unpaired) electrons. The SMILES string of the molecule is C[C@H]1C[C@@H](c2ccncc2Cc2ncc3ccc(-c4c(F)cc(C5(F)COC5)cc4F)nn23)C[C@@H](N)[C@@H]1O. The van der Waals surface area contributed by atoms with Crippen LogP contribution in [0.25, 0.3) is 16.8 Å². The molecule has 4 atom stereocenters. The number of aliphatic hydroxyl groups excluding tert-OH is 1. The molecule has 7 nitrogen and oxygen atoms in total.